The van der Waals surface area contributed by atoms with E-state index in [0.717, 1.165) is 5.56 Å². The maximum Gasteiger partial charge on any atom is 0.404 e. The van der Waals surface area contributed by atoms with Crippen molar-refractivity contribution < 1.29 is 22.8 Å². The van der Waals surface area contributed by atoms with Crippen LogP contribution in [0.4, 0.5) is 24.5 Å². The summed E-state index contributed by atoms with van der Waals surface area (Å²) in [5.41, 5.74) is 2.37. The number of amides is 2. The third kappa shape index (κ3) is 4.43. The van der Waals surface area contributed by atoms with Crippen molar-refractivity contribution in [2.45, 2.75) is 31.7 Å². The topological polar surface area (TPSA) is 94.3 Å². The van der Waals surface area contributed by atoms with Gasteiger partial charge in [-0.05, 0) is 42.3 Å². The largest absolute Gasteiger partial charge is 0.404 e. The number of anilines is 2. The number of nitrogens with zero attached hydrogens (tertiary/aromatic N) is 5. The second kappa shape index (κ2) is 9.13. The fourth-order valence-electron chi connectivity index (χ4n) is 4.50. The van der Waals surface area contributed by atoms with E-state index in [1.165, 1.54) is 26.7 Å². The summed E-state index contributed by atoms with van der Waals surface area (Å²) >= 11 is 0. The Hall–Kier alpha value is -4.17. The van der Waals surface area contributed by atoms with Crippen molar-refractivity contribution in [1.82, 2.24) is 14.7 Å². The van der Waals surface area contributed by atoms with E-state index in [0.29, 0.717) is 36.6 Å². The van der Waals surface area contributed by atoms with Crippen LogP contribution >= 0.6 is 0 Å². The number of benzene rings is 2. The van der Waals surface area contributed by atoms with Crippen LogP contribution in [-0.4, -0.2) is 51.8 Å². The van der Waals surface area contributed by atoms with Crippen molar-refractivity contribution in [3.05, 3.63) is 77.1 Å². The Morgan fingerprint density at radius 1 is 1.14 bits per heavy atom. The third-order valence-electron chi connectivity index (χ3n) is 6.46. The molecule has 0 radical (unpaired) electrons. The lowest BCUT2D eigenvalue weighted by Gasteiger charge is -2.41. The van der Waals surface area contributed by atoms with Crippen LogP contribution < -0.4 is 10.2 Å². The van der Waals surface area contributed by atoms with Gasteiger partial charge in [0.25, 0.3) is 11.8 Å². The van der Waals surface area contributed by atoms with Crippen molar-refractivity contribution in [3.63, 3.8) is 0 Å². The van der Waals surface area contributed by atoms with E-state index in [4.69, 9.17) is 5.26 Å². The molecule has 1 atom stereocenters. The molecule has 0 aliphatic carbocycles. The number of carbonyl (C=O) groups is 2. The van der Waals surface area contributed by atoms with Gasteiger partial charge in [-0.25, -0.2) is 0 Å². The summed E-state index contributed by atoms with van der Waals surface area (Å²) in [6, 6.07) is 13.9. The van der Waals surface area contributed by atoms with Gasteiger partial charge in [0.1, 0.15) is 11.7 Å². The summed E-state index contributed by atoms with van der Waals surface area (Å²) in [5, 5.41) is 15.9. The van der Waals surface area contributed by atoms with Gasteiger partial charge in [-0.1, -0.05) is 18.2 Å². The first-order valence-corrected chi connectivity index (χ1v) is 11.3. The minimum absolute atomic E-state index is 0.108. The zero-order valence-electron chi connectivity index (χ0n) is 19.0. The molecule has 2 amide bonds. The summed E-state index contributed by atoms with van der Waals surface area (Å²) in [6.45, 7) is 1.29. The summed E-state index contributed by atoms with van der Waals surface area (Å²) in [5.74, 6) is -0.923. The van der Waals surface area contributed by atoms with E-state index in [1.807, 2.05) is 6.07 Å². The molecule has 0 bridgehead atoms. The van der Waals surface area contributed by atoms with Crippen LogP contribution in [0.5, 0.6) is 0 Å². The van der Waals surface area contributed by atoms with Gasteiger partial charge >= 0.3 is 6.18 Å². The van der Waals surface area contributed by atoms with Gasteiger partial charge in [-0.15, -0.1) is 0 Å². The monoisotopic (exact) mass is 494 g/mol. The number of hydrogen-bond donors (Lipinski definition) is 1. The van der Waals surface area contributed by atoms with Crippen LogP contribution in [-0.2, 0) is 13.1 Å². The number of hydrogen-bond acceptors (Lipinski definition) is 5. The van der Waals surface area contributed by atoms with Crippen molar-refractivity contribution >= 4 is 23.2 Å². The maximum atomic E-state index is 13.3. The van der Waals surface area contributed by atoms with Gasteiger partial charge in [0.05, 0.1) is 29.9 Å². The fraction of sp³-hybridized carbons (Fsp3) is 0.280. The maximum absolute atomic E-state index is 13.3. The first-order chi connectivity index (χ1) is 17.2. The number of nitriles is 1. The van der Waals surface area contributed by atoms with Gasteiger partial charge in [0.15, 0.2) is 0 Å². The normalized spacial score (nSPS) is 17.8. The molecular weight excluding hydrogens is 473 g/mol. The molecule has 3 aromatic rings. The molecule has 36 heavy (non-hydrogen) atoms. The van der Waals surface area contributed by atoms with Gasteiger partial charge < -0.3 is 10.2 Å². The van der Waals surface area contributed by atoms with Crippen LogP contribution in [0.15, 0.2) is 54.7 Å². The lowest BCUT2D eigenvalue weighted by atomic mass is 10.0. The molecule has 3 heterocycles. The van der Waals surface area contributed by atoms with E-state index in [1.54, 1.807) is 42.5 Å². The summed E-state index contributed by atoms with van der Waals surface area (Å²) < 4.78 is 40.5. The predicted molar refractivity (Wildman–Crippen MR) is 124 cm³/mol. The van der Waals surface area contributed by atoms with Crippen LogP contribution in [0.1, 0.15) is 38.4 Å². The number of likely N-dealkylation sites (tertiary alicyclic amines) is 1. The molecule has 2 aromatic carbocycles. The van der Waals surface area contributed by atoms with Gasteiger partial charge in [0.2, 0.25) is 0 Å². The minimum Gasteiger partial charge on any atom is -0.322 e. The molecule has 1 fully saturated rings. The number of nitrogens with one attached hydrogen (secondary N) is 1. The van der Waals surface area contributed by atoms with Crippen molar-refractivity contribution in [2.24, 2.45) is 0 Å². The predicted octanol–water partition coefficient (Wildman–Crippen LogP) is 3.80. The van der Waals surface area contributed by atoms with E-state index in [9.17, 15) is 22.8 Å². The SMILES string of the molecule is N#Cc1cccc(NC(=O)c2cnn3c2C(=O)N(c2ccc(CN4CCC4C(F)(F)F)cc2)CC3)c1. The Morgan fingerprint density at radius 2 is 1.92 bits per heavy atom. The summed E-state index contributed by atoms with van der Waals surface area (Å²) in [4.78, 5) is 29.2. The van der Waals surface area contributed by atoms with E-state index < -0.39 is 24.0 Å². The number of fused-ring (bicyclic) bond motifs is 1. The zero-order chi connectivity index (χ0) is 25.4. The van der Waals surface area contributed by atoms with Gasteiger partial charge in [0, 0.05) is 31.0 Å². The standard InChI is InChI=1S/C25H21F3N6O2/c26-25(27,28)21-8-9-32(21)15-16-4-6-19(7-5-16)33-10-11-34-22(24(33)36)20(14-30-34)23(35)31-18-3-1-2-17(12-18)13-29/h1-7,12,14,21H,8-11,15H2,(H,31,35). The first kappa shape index (κ1) is 23.6. The number of carbonyl (C=O) groups excluding carboxylic acids is 2. The van der Waals surface area contributed by atoms with Crippen molar-refractivity contribution in [2.75, 3.05) is 23.3 Å². The molecule has 184 valence electrons. The number of rotatable bonds is 5. The highest BCUT2D eigenvalue weighted by molar-refractivity contribution is 6.15. The smallest absolute Gasteiger partial charge is 0.322 e. The van der Waals surface area contributed by atoms with E-state index >= 15 is 0 Å². The van der Waals surface area contributed by atoms with Crippen LogP contribution in [0.3, 0.4) is 0 Å². The molecule has 1 saturated heterocycles. The second-order valence-electron chi connectivity index (χ2n) is 8.72. The molecule has 11 heteroatoms. The zero-order valence-corrected chi connectivity index (χ0v) is 19.0. The molecule has 1 unspecified atom stereocenters. The van der Waals surface area contributed by atoms with E-state index in [2.05, 4.69) is 10.4 Å². The molecule has 1 N–H and O–H groups in total. The second-order valence-corrected chi connectivity index (χ2v) is 8.72. The number of halogens is 3. The van der Waals surface area contributed by atoms with E-state index in [-0.39, 0.29) is 24.2 Å². The highest BCUT2D eigenvalue weighted by atomic mass is 19.4. The Balaban J connectivity index is 1.31. The van der Waals surface area contributed by atoms with Crippen LogP contribution in [0, 0.1) is 11.3 Å². The number of aromatic nitrogens is 2. The molecule has 0 saturated carbocycles. The van der Waals surface area contributed by atoms with Gasteiger partial charge in [-0.3, -0.25) is 19.2 Å². The average molecular weight is 494 g/mol. The average Bonchev–Trinajstić information content (AvgIpc) is 3.27. The minimum atomic E-state index is -4.23. The lowest BCUT2D eigenvalue weighted by molar-refractivity contribution is -0.212. The summed E-state index contributed by atoms with van der Waals surface area (Å²) in [6.07, 6.45) is -2.78. The van der Waals surface area contributed by atoms with Crippen LogP contribution in [0.2, 0.25) is 0 Å². The molecule has 2 aliphatic heterocycles. The highest BCUT2D eigenvalue weighted by Gasteiger charge is 2.48. The quantitative estimate of drug-likeness (QED) is 0.582. The fourth-order valence-corrected chi connectivity index (χ4v) is 4.50. The van der Waals surface area contributed by atoms with Crippen molar-refractivity contribution in [1.29, 1.82) is 5.26 Å². The molecule has 0 spiro atoms. The third-order valence-corrected chi connectivity index (χ3v) is 6.46. The molecule has 2 aliphatic rings. The Kier molecular flexibility index (Phi) is 5.97. The van der Waals surface area contributed by atoms with Crippen molar-refractivity contribution in [3.8, 4) is 6.07 Å². The molecule has 8 nitrogen and oxygen atoms in total. The molecule has 1 aromatic heterocycles. The highest BCUT2D eigenvalue weighted by Crippen LogP contribution is 2.35. The Bertz CT molecular complexity index is 1360. The lowest BCUT2D eigenvalue weighted by Crippen LogP contribution is -2.55. The number of alkyl halides is 3. The van der Waals surface area contributed by atoms with Gasteiger partial charge in [-0.2, -0.15) is 23.5 Å². The first-order valence-electron chi connectivity index (χ1n) is 11.3. The molecular formula is C25H21F3N6O2. The molecule has 5 rings (SSSR count). The Morgan fingerprint density at radius 3 is 2.58 bits per heavy atom. The van der Waals surface area contributed by atoms with Crippen LogP contribution in [0.25, 0.3) is 0 Å². The Labute approximate surface area is 204 Å². The summed E-state index contributed by atoms with van der Waals surface area (Å²) in [7, 11) is 0.